The topological polar surface area (TPSA) is 0 Å². The highest BCUT2D eigenvalue weighted by atomic mass is 127. The molecule has 0 saturated heterocycles. The third-order valence-corrected chi connectivity index (χ3v) is 2.13. The van der Waals surface area contributed by atoms with Crippen LogP contribution in [0.15, 0.2) is 45.0 Å². The molecule has 0 fully saturated rings. The Bertz CT molecular complexity index is 236. The first-order valence-corrected chi connectivity index (χ1v) is 5.42. The molecule has 0 aliphatic rings. The highest BCUT2D eigenvalue weighted by Gasteiger charge is 1.85. The molecule has 0 radical (unpaired) electrons. The van der Waals surface area contributed by atoms with Gasteiger partial charge in [0.2, 0.25) is 0 Å². The summed E-state index contributed by atoms with van der Waals surface area (Å²) in [7, 11) is 0. The molecule has 2 heteroatoms. The zero-order chi connectivity index (χ0) is 9.56. The Labute approximate surface area is 96.4 Å². The molecule has 0 heterocycles. The lowest BCUT2D eigenvalue weighted by Gasteiger charge is -1.91. The van der Waals surface area contributed by atoms with Crippen molar-refractivity contribution < 1.29 is 0 Å². The number of allylic oxidation sites excluding steroid dienone is 6. The van der Waals surface area contributed by atoms with E-state index in [1.54, 1.807) is 0 Å². The van der Waals surface area contributed by atoms with Gasteiger partial charge < -0.3 is 0 Å². The molecule has 0 spiro atoms. The second-order valence-electron chi connectivity index (χ2n) is 2.53. The summed E-state index contributed by atoms with van der Waals surface area (Å²) in [4.78, 5) is 0. The lowest BCUT2D eigenvalue weighted by atomic mass is 10.2. The largest absolute Gasteiger partial charge is 0.0998 e. The number of hydrogen-bond acceptors (Lipinski definition) is 0. The van der Waals surface area contributed by atoms with E-state index in [2.05, 4.69) is 57.8 Å². The number of halogens is 2. The third-order valence-electron chi connectivity index (χ3n) is 1.07. The fourth-order valence-electron chi connectivity index (χ4n) is 0.510. The highest BCUT2D eigenvalue weighted by molar-refractivity contribution is 14.1. The van der Waals surface area contributed by atoms with Crippen LogP contribution in [0.2, 0.25) is 0 Å². The van der Waals surface area contributed by atoms with E-state index in [-0.39, 0.29) is 0 Å². The molecule has 0 nitrogen and oxygen atoms in total. The molecule has 0 aromatic rings. The lowest BCUT2D eigenvalue weighted by molar-refractivity contribution is 1.23. The van der Waals surface area contributed by atoms with Crippen LogP contribution in [0, 0.1) is 0 Å². The quantitative estimate of drug-likeness (QED) is 0.394. The van der Waals surface area contributed by atoms with Crippen molar-refractivity contribution in [2.24, 2.45) is 0 Å². The maximum atomic E-state index is 3.82. The minimum atomic E-state index is 0.889. The van der Waals surface area contributed by atoms with Gasteiger partial charge in [0.1, 0.15) is 0 Å². The van der Waals surface area contributed by atoms with E-state index in [0.29, 0.717) is 0 Å². The van der Waals surface area contributed by atoms with Crippen LogP contribution in [0.25, 0.3) is 0 Å². The second kappa shape index (κ2) is 6.66. The van der Waals surface area contributed by atoms with Crippen LogP contribution < -0.4 is 0 Å². The van der Waals surface area contributed by atoms with E-state index < -0.39 is 0 Å². The zero-order valence-corrected chi connectivity index (χ0v) is 10.9. The molecule has 0 amide bonds. The molecule has 0 aromatic heterocycles. The molecule has 0 bridgehead atoms. The minimum Gasteiger partial charge on any atom is -0.0998 e. The summed E-state index contributed by atoms with van der Waals surface area (Å²) in [5.74, 6) is 0. The predicted molar refractivity (Wildman–Crippen MR) is 68.7 cm³/mol. The van der Waals surface area contributed by atoms with Crippen LogP contribution in [0.3, 0.4) is 0 Å². The first-order chi connectivity index (χ1) is 5.52. The van der Waals surface area contributed by atoms with Crippen LogP contribution in [-0.2, 0) is 0 Å². The lowest BCUT2D eigenvalue weighted by Crippen LogP contribution is -1.69. The molecular formula is C10H12BrI. The summed E-state index contributed by atoms with van der Waals surface area (Å²) in [6, 6.07) is 0. The van der Waals surface area contributed by atoms with Crippen molar-refractivity contribution in [3.05, 3.63) is 45.0 Å². The maximum Gasteiger partial charge on any atom is 0.0103 e. The fourth-order valence-corrected chi connectivity index (χ4v) is 1.04. The number of hydrogen-bond donors (Lipinski definition) is 0. The van der Waals surface area contributed by atoms with Gasteiger partial charge in [-0.2, -0.15) is 0 Å². The minimum absolute atomic E-state index is 0.889. The van der Waals surface area contributed by atoms with Gasteiger partial charge in [-0.15, -0.1) is 0 Å². The van der Waals surface area contributed by atoms with Crippen LogP contribution in [-0.4, -0.2) is 0 Å². The Hall–Kier alpha value is 0.170. The molecule has 0 atom stereocenters. The normalized spacial score (nSPS) is 12.1. The molecule has 66 valence electrons. The molecule has 0 aromatic carbocycles. The summed E-state index contributed by atoms with van der Waals surface area (Å²) in [5, 5.41) is 0. The van der Waals surface area contributed by atoms with Crippen molar-refractivity contribution in [1.82, 2.24) is 0 Å². The van der Waals surface area contributed by atoms with Crippen molar-refractivity contribution in [2.45, 2.75) is 13.3 Å². The zero-order valence-electron chi connectivity index (χ0n) is 7.11. The fraction of sp³-hybridized carbons (Fsp3) is 0.200. The van der Waals surface area contributed by atoms with E-state index in [4.69, 9.17) is 0 Å². The van der Waals surface area contributed by atoms with E-state index in [9.17, 15) is 0 Å². The molecule has 0 unspecified atom stereocenters. The predicted octanol–water partition coefficient (Wildman–Crippen LogP) is 4.74. The van der Waals surface area contributed by atoms with E-state index in [1.165, 1.54) is 9.15 Å². The molecule has 0 N–H and O–H groups in total. The average molecular weight is 339 g/mol. The number of rotatable bonds is 4. The Morgan fingerprint density at radius 1 is 1.42 bits per heavy atom. The van der Waals surface area contributed by atoms with Gasteiger partial charge in [0.15, 0.2) is 0 Å². The molecular weight excluding hydrogens is 327 g/mol. The van der Waals surface area contributed by atoms with Gasteiger partial charge in [-0.05, 0) is 48.1 Å². The van der Waals surface area contributed by atoms with E-state index in [0.717, 1.165) is 10.9 Å². The van der Waals surface area contributed by atoms with Crippen LogP contribution >= 0.6 is 38.5 Å². The SMILES string of the molecule is C=C(Br)/C=C\C(I)=C\CC(=C)C. The van der Waals surface area contributed by atoms with Gasteiger partial charge in [0, 0.05) is 8.06 Å². The Morgan fingerprint density at radius 2 is 2.00 bits per heavy atom. The van der Waals surface area contributed by atoms with Gasteiger partial charge in [-0.1, -0.05) is 40.7 Å². The standard InChI is InChI=1S/C10H12BrI/c1-8(2)4-6-10(12)7-5-9(3)11/h5-7H,1,3-4H2,2H3/b7-5-,10-6-. The highest BCUT2D eigenvalue weighted by Crippen LogP contribution is 2.13. The van der Waals surface area contributed by atoms with Crippen LogP contribution in [0.1, 0.15) is 13.3 Å². The van der Waals surface area contributed by atoms with Gasteiger partial charge in [0.05, 0.1) is 0 Å². The Kier molecular flexibility index (Phi) is 6.76. The summed E-state index contributed by atoms with van der Waals surface area (Å²) >= 11 is 5.53. The molecule has 0 aliphatic carbocycles. The van der Waals surface area contributed by atoms with Crippen molar-refractivity contribution >= 4 is 38.5 Å². The molecule has 0 rings (SSSR count). The van der Waals surface area contributed by atoms with Crippen molar-refractivity contribution in [1.29, 1.82) is 0 Å². The van der Waals surface area contributed by atoms with E-state index in [1.807, 2.05) is 19.1 Å². The molecule has 0 saturated carbocycles. The second-order valence-corrected chi connectivity index (χ2v) is 4.79. The summed E-state index contributed by atoms with van der Waals surface area (Å²) < 4.78 is 2.09. The van der Waals surface area contributed by atoms with Gasteiger partial charge in [-0.25, -0.2) is 0 Å². The van der Waals surface area contributed by atoms with Gasteiger partial charge >= 0.3 is 0 Å². The van der Waals surface area contributed by atoms with E-state index >= 15 is 0 Å². The van der Waals surface area contributed by atoms with Crippen LogP contribution in [0.5, 0.6) is 0 Å². The van der Waals surface area contributed by atoms with Crippen molar-refractivity contribution in [3.8, 4) is 0 Å². The maximum absolute atomic E-state index is 3.82. The smallest absolute Gasteiger partial charge is 0.0103 e. The first-order valence-electron chi connectivity index (χ1n) is 3.55. The first kappa shape index (κ1) is 12.2. The third kappa shape index (κ3) is 8.27. The van der Waals surface area contributed by atoms with Gasteiger partial charge in [0.25, 0.3) is 0 Å². The Morgan fingerprint density at radius 3 is 2.42 bits per heavy atom. The average Bonchev–Trinajstić information content (AvgIpc) is 1.96. The Balaban J connectivity index is 4.02. The van der Waals surface area contributed by atoms with Gasteiger partial charge in [-0.3, -0.25) is 0 Å². The molecule has 12 heavy (non-hydrogen) atoms. The summed E-state index contributed by atoms with van der Waals surface area (Å²) in [6.45, 7) is 9.55. The van der Waals surface area contributed by atoms with Crippen molar-refractivity contribution in [2.75, 3.05) is 0 Å². The van der Waals surface area contributed by atoms with Crippen LogP contribution in [0.4, 0.5) is 0 Å². The molecule has 0 aliphatic heterocycles. The summed E-state index contributed by atoms with van der Waals surface area (Å²) in [6.07, 6.45) is 7.02. The van der Waals surface area contributed by atoms with Crippen molar-refractivity contribution in [3.63, 3.8) is 0 Å². The monoisotopic (exact) mass is 338 g/mol. The summed E-state index contributed by atoms with van der Waals surface area (Å²) in [5.41, 5.74) is 1.18.